The molecule has 100 valence electrons. The SMILES string of the molecule is COc1ccc([C@H]2OCC(C)(C)[C@H](CO)O2)cc1. The van der Waals surface area contributed by atoms with Gasteiger partial charge in [-0.25, -0.2) is 0 Å². The number of hydrogen-bond acceptors (Lipinski definition) is 4. The lowest BCUT2D eigenvalue weighted by molar-refractivity contribution is -0.271. The van der Waals surface area contributed by atoms with E-state index < -0.39 is 6.29 Å². The van der Waals surface area contributed by atoms with Crippen molar-refractivity contribution in [1.29, 1.82) is 0 Å². The molecule has 0 radical (unpaired) electrons. The molecule has 1 N–H and O–H groups in total. The molecule has 2 atom stereocenters. The van der Waals surface area contributed by atoms with E-state index in [2.05, 4.69) is 0 Å². The van der Waals surface area contributed by atoms with E-state index >= 15 is 0 Å². The molecule has 1 aromatic carbocycles. The zero-order valence-corrected chi connectivity index (χ0v) is 11.1. The van der Waals surface area contributed by atoms with E-state index in [0.29, 0.717) is 6.61 Å². The van der Waals surface area contributed by atoms with Gasteiger partial charge in [0, 0.05) is 11.0 Å². The maximum absolute atomic E-state index is 9.37. The second-order valence-corrected chi connectivity index (χ2v) is 5.21. The Hall–Kier alpha value is -1.10. The standard InChI is InChI=1S/C14H20O4/c1-14(2)9-17-13(18-12(14)8-15)10-4-6-11(16-3)7-5-10/h4-7,12-13,15H,8-9H2,1-3H3/t12-,13-/m0/s1. The second-order valence-electron chi connectivity index (χ2n) is 5.21. The fourth-order valence-corrected chi connectivity index (χ4v) is 1.98. The largest absolute Gasteiger partial charge is 0.497 e. The molecule has 18 heavy (non-hydrogen) atoms. The van der Waals surface area contributed by atoms with Crippen LogP contribution in [-0.2, 0) is 9.47 Å². The Labute approximate surface area is 107 Å². The van der Waals surface area contributed by atoms with Gasteiger partial charge in [0.2, 0.25) is 0 Å². The van der Waals surface area contributed by atoms with E-state index in [-0.39, 0.29) is 18.1 Å². The lowest BCUT2D eigenvalue weighted by Crippen LogP contribution is -2.44. The summed E-state index contributed by atoms with van der Waals surface area (Å²) >= 11 is 0. The molecule has 4 nitrogen and oxygen atoms in total. The van der Waals surface area contributed by atoms with Gasteiger partial charge >= 0.3 is 0 Å². The van der Waals surface area contributed by atoms with Gasteiger partial charge in [0.25, 0.3) is 0 Å². The minimum absolute atomic E-state index is 0.00299. The van der Waals surface area contributed by atoms with Gasteiger partial charge in [-0.3, -0.25) is 0 Å². The first kappa shape index (κ1) is 13.3. The van der Waals surface area contributed by atoms with Crippen LogP contribution in [-0.4, -0.2) is 31.5 Å². The van der Waals surface area contributed by atoms with Crippen LogP contribution in [0.15, 0.2) is 24.3 Å². The lowest BCUT2D eigenvalue weighted by Gasteiger charge is -2.41. The second kappa shape index (κ2) is 5.26. The number of methoxy groups -OCH3 is 1. The number of aliphatic hydroxyl groups excluding tert-OH is 1. The van der Waals surface area contributed by atoms with Crippen molar-refractivity contribution in [2.75, 3.05) is 20.3 Å². The van der Waals surface area contributed by atoms with Gasteiger partial charge in [0.15, 0.2) is 6.29 Å². The minimum atomic E-state index is -0.416. The van der Waals surface area contributed by atoms with Crippen LogP contribution >= 0.6 is 0 Å². The summed E-state index contributed by atoms with van der Waals surface area (Å²) in [7, 11) is 1.63. The normalized spacial score (nSPS) is 26.9. The van der Waals surface area contributed by atoms with E-state index in [0.717, 1.165) is 11.3 Å². The van der Waals surface area contributed by atoms with Crippen LogP contribution in [0.3, 0.4) is 0 Å². The van der Waals surface area contributed by atoms with Crippen molar-refractivity contribution in [1.82, 2.24) is 0 Å². The summed E-state index contributed by atoms with van der Waals surface area (Å²) in [6.07, 6.45) is -0.626. The van der Waals surface area contributed by atoms with Crippen LogP contribution in [0.25, 0.3) is 0 Å². The number of hydrogen-bond donors (Lipinski definition) is 1. The molecule has 1 fully saturated rings. The summed E-state index contributed by atoms with van der Waals surface area (Å²) in [6, 6.07) is 7.57. The Morgan fingerprint density at radius 2 is 2.00 bits per heavy atom. The summed E-state index contributed by atoms with van der Waals surface area (Å²) < 4.78 is 16.6. The van der Waals surface area contributed by atoms with Crippen LogP contribution in [0.2, 0.25) is 0 Å². The van der Waals surface area contributed by atoms with E-state index in [9.17, 15) is 5.11 Å². The molecule has 0 aliphatic carbocycles. The predicted molar refractivity (Wildman–Crippen MR) is 67.4 cm³/mol. The van der Waals surface area contributed by atoms with Crippen molar-refractivity contribution < 1.29 is 19.3 Å². The van der Waals surface area contributed by atoms with Crippen LogP contribution in [0.4, 0.5) is 0 Å². The Balaban J connectivity index is 2.10. The van der Waals surface area contributed by atoms with E-state index in [1.54, 1.807) is 7.11 Å². The van der Waals surface area contributed by atoms with Crippen LogP contribution < -0.4 is 4.74 Å². The third kappa shape index (κ3) is 2.66. The molecule has 2 rings (SSSR count). The molecule has 1 aliphatic rings. The molecular weight excluding hydrogens is 232 g/mol. The van der Waals surface area contributed by atoms with Crippen LogP contribution in [0, 0.1) is 5.41 Å². The molecule has 1 aromatic rings. The average Bonchev–Trinajstić information content (AvgIpc) is 2.39. The highest BCUT2D eigenvalue weighted by Crippen LogP contribution is 2.36. The minimum Gasteiger partial charge on any atom is -0.497 e. The van der Waals surface area contributed by atoms with E-state index in [1.807, 2.05) is 38.1 Å². The van der Waals surface area contributed by atoms with Crippen LogP contribution in [0.1, 0.15) is 25.7 Å². The molecule has 0 amide bonds. The first-order valence-corrected chi connectivity index (χ1v) is 6.08. The summed E-state index contributed by atoms with van der Waals surface area (Å²) in [6.45, 7) is 4.62. The van der Waals surface area contributed by atoms with E-state index in [4.69, 9.17) is 14.2 Å². The summed E-state index contributed by atoms with van der Waals surface area (Å²) in [5, 5.41) is 9.37. The van der Waals surface area contributed by atoms with Gasteiger partial charge in [-0.05, 0) is 12.1 Å². The molecule has 0 aromatic heterocycles. The summed E-state index contributed by atoms with van der Waals surface area (Å²) in [5.74, 6) is 0.800. The van der Waals surface area contributed by atoms with Crippen molar-refractivity contribution in [3.05, 3.63) is 29.8 Å². The monoisotopic (exact) mass is 252 g/mol. The Morgan fingerprint density at radius 3 is 2.56 bits per heavy atom. The number of ether oxygens (including phenoxy) is 3. The fourth-order valence-electron chi connectivity index (χ4n) is 1.98. The Kier molecular flexibility index (Phi) is 3.90. The third-order valence-electron chi connectivity index (χ3n) is 3.32. The van der Waals surface area contributed by atoms with Gasteiger partial charge in [-0.1, -0.05) is 26.0 Å². The summed E-state index contributed by atoms with van der Waals surface area (Å²) in [4.78, 5) is 0. The van der Waals surface area contributed by atoms with Crippen molar-refractivity contribution in [2.24, 2.45) is 5.41 Å². The number of benzene rings is 1. The Bertz CT molecular complexity index is 385. The fraction of sp³-hybridized carbons (Fsp3) is 0.571. The molecule has 0 spiro atoms. The molecule has 1 aliphatic heterocycles. The van der Waals surface area contributed by atoms with E-state index in [1.165, 1.54) is 0 Å². The van der Waals surface area contributed by atoms with Crippen molar-refractivity contribution in [2.45, 2.75) is 26.2 Å². The topological polar surface area (TPSA) is 47.9 Å². The highest BCUT2D eigenvalue weighted by Gasteiger charge is 2.38. The zero-order valence-electron chi connectivity index (χ0n) is 11.1. The molecule has 4 heteroatoms. The first-order chi connectivity index (χ1) is 8.56. The molecule has 1 heterocycles. The lowest BCUT2D eigenvalue weighted by atomic mass is 9.87. The molecule has 0 saturated carbocycles. The van der Waals surface area contributed by atoms with Crippen molar-refractivity contribution >= 4 is 0 Å². The van der Waals surface area contributed by atoms with Gasteiger partial charge < -0.3 is 19.3 Å². The highest BCUT2D eigenvalue weighted by molar-refractivity contribution is 5.28. The molecule has 0 bridgehead atoms. The molecular formula is C14H20O4. The zero-order chi connectivity index (χ0) is 13.2. The van der Waals surface area contributed by atoms with Gasteiger partial charge in [0.1, 0.15) is 5.75 Å². The maximum Gasteiger partial charge on any atom is 0.184 e. The van der Waals surface area contributed by atoms with Gasteiger partial charge in [0.05, 0.1) is 26.4 Å². The van der Waals surface area contributed by atoms with Crippen molar-refractivity contribution in [3.63, 3.8) is 0 Å². The predicted octanol–water partition coefficient (Wildman–Crippen LogP) is 2.13. The smallest absolute Gasteiger partial charge is 0.184 e. The quantitative estimate of drug-likeness (QED) is 0.895. The van der Waals surface area contributed by atoms with Crippen molar-refractivity contribution in [3.8, 4) is 5.75 Å². The average molecular weight is 252 g/mol. The number of rotatable bonds is 3. The molecule has 1 saturated heterocycles. The van der Waals surface area contributed by atoms with Crippen LogP contribution in [0.5, 0.6) is 5.75 Å². The highest BCUT2D eigenvalue weighted by atomic mass is 16.7. The molecule has 0 unspecified atom stereocenters. The van der Waals surface area contributed by atoms with Gasteiger partial charge in [-0.2, -0.15) is 0 Å². The maximum atomic E-state index is 9.37. The summed E-state index contributed by atoms with van der Waals surface area (Å²) in [5.41, 5.74) is 0.766. The first-order valence-electron chi connectivity index (χ1n) is 6.08. The number of aliphatic hydroxyl groups is 1. The third-order valence-corrected chi connectivity index (χ3v) is 3.32. The Morgan fingerprint density at radius 1 is 1.33 bits per heavy atom. The van der Waals surface area contributed by atoms with Gasteiger partial charge in [-0.15, -0.1) is 0 Å².